The normalized spacial score (nSPS) is 20.1. The lowest BCUT2D eigenvalue weighted by Gasteiger charge is -2.51. The molecule has 1 unspecified atom stereocenters. The maximum Gasteiger partial charge on any atom is 0.184 e. The zero-order valence-corrected chi connectivity index (χ0v) is 32.8. The lowest BCUT2D eigenvalue weighted by atomic mass is 9.70. The zero-order valence-electron chi connectivity index (χ0n) is 32.8. The minimum Gasteiger partial charge on any atom is -0.497 e. The largest absolute Gasteiger partial charge is 0.497 e. The number of rotatable bonds is 18. The van der Waals surface area contributed by atoms with Crippen molar-refractivity contribution in [2.45, 2.75) is 112 Å². The second-order valence-corrected chi connectivity index (χ2v) is 15.5. The van der Waals surface area contributed by atoms with E-state index in [0.29, 0.717) is 26.1 Å². The summed E-state index contributed by atoms with van der Waals surface area (Å²) >= 11 is 0. The van der Waals surface area contributed by atoms with Crippen molar-refractivity contribution in [1.29, 1.82) is 0 Å². The van der Waals surface area contributed by atoms with E-state index in [2.05, 4.69) is 13.8 Å². The zero-order chi connectivity index (χ0) is 38.3. The fourth-order valence-electron chi connectivity index (χ4n) is 6.35. The summed E-state index contributed by atoms with van der Waals surface area (Å²) in [7, 11) is 4.90. The van der Waals surface area contributed by atoms with E-state index in [-0.39, 0.29) is 11.6 Å². The first-order valence-electron chi connectivity index (χ1n) is 18.0. The van der Waals surface area contributed by atoms with Crippen LogP contribution in [0.4, 0.5) is 0 Å². The highest BCUT2D eigenvalue weighted by atomic mass is 16.7. The average Bonchev–Trinajstić information content (AvgIpc) is 3.12. The molecule has 3 aromatic rings. The number of hydrogen-bond donors (Lipinski definition) is 0. The van der Waals surface area contributed by atoms with E-state index < -0.39 is 47.0 Å². The van der Waals surface area contributed by atoms with E-state index in [1.54, 1.807) is 35.2 Å². The lowest BCUT2D eigenvalue weighted by Crippen LogP contribution is -2.54. The molecule has 0 spiro atoms. The van der Waals surface area contributed by atoms with Gasteiger partial charge in [0, 0.05) is 34.7 Å². The van der Waals surface area contributed by atoms with Crippen LogP contribution in [-0.2, 0) is 41.8 Å². The van der Waals surface area contributed by atoms with Gasteiger partial charge < -0.3 is 33.2 Å². The monoisotopic (exact) mass is 718 g/mol. The molecular weight excluding hydrogens is 660 g/mol. The molecule has 284 valence electrons. The second kappa shape index (κ2) is 17.4. The third-order valence-electron chi connectivity index (χ3n) is 11.1. The molecule has 0 aliphatic carbocycles. The quantitative estimate of drug-likeness (QED) is 0.128. The molecule has 1 aliphatic rings. The molecule has 4 rings (SSSR count). The number of Topliss-reactive ketones (excluding diaryl/α,β-unsaturated/α-hetero) is 2. The van der Waals surface area contributed by atoms with E-state index in [0.717, 1.165) is 33.9 Å². The van der Waals surface area contributed by atoms with E-state index in [1.165, 1.54) is 0 Å². The molecule has 0 radical (unpaired) electrons. The SMILES string of the molecule is COc1ccc(CO[C@@H](C[C@@H]2OC(c3ccc(OC)cc3)O[C@H](C[C@@H](OCc3ccc(OC)cc3)C(C)(C)C(C)=O)C2(C)C)C(C)(C)C(C)=O)cc1. The van der Waals surface area contributed by atoms with Gasteiger partial charge in [-0.05, 0) is 61.4 Å². The molecular formula is C43H58O9. The third kappa shape index (κ3) is 9.81. The minimum atomic E-state index is -0.810. The van der Waals surface area contributed by atoms with Crippen molar-refractivity contribution in [2.75, 3.05) is 21.3 Å². The summed E-state index contributed by atoms with van der Waals surface area (Å²) in [4.78, 5) is 26.3. The van der Waals surface area contributed by atoms with Crippen molar-refractivity contribution < 1.29 is 42.7 Å². The van der Waals surface area contributed by atoms with Gasteiger partial charge >= 0.3 is 0 Å². The Morgan fingerprint density at radius 2 is 0.942 bits per heavy atom. The molecule has 0 N–H and O–H groups in total. The van der Waals surface area contributed by atoms with Crippen LogP contribution in [-0.4, -0.2) is 57.3 Å². The van der Waals surface area contributed by atoms with Gasteiger partial charge in [0.05, 0.1) is 59.0 Å². The molecule has 52 heavy (non-hydrogen) atoms. The Bertz CT molecular complexity index is 1500. The summed E-state index contributed by atoms with van der Waals surface area (Å²) in [6.07, 6.45) is -1.64. The lowest BCUT2D eigenvalue weighted by molar-refractivity contribution is -0.311. The second-order valence-electron chi connectivity index (χ2n) is 15.5. The Kier molecular flexibility index (Phi) is 13.7. The van der Waals surface area contributed by atoms with Crippen molar-refractivity contribution >= 4 is 11.6 Å². The Hall–Kier alpha value is -3.76. The molecule has 9 heteroatoms. The predicted molar refractivity (Wildman–Crippen MR) is 201 cm³/mol. The molecule has 5 atom stereocenters. The van der Waals surface area contributed by atoms with Crippen LogP contribution in [0.1, 0.15) is 91.2 Å². The van der Waals surface area contributed by atoms with E-state index in [1.807, 2.05) is 100 Å². The van der Waals surface area contributed by atoms with Crippen molar-refractivity contribution in [1.82, 2.24) is 0 Å². The van der Waals surface area contributed by atoms with Crippen LogP contribution in [0, 0.1) is 16.2 Å². The Balaban J connectivity index is 1.68. The van der Waals surface area contributed by atoms with Gasteiger partial charge in [0.1, 0.15) is 28.8 Å². The number of hydrogen-bond acceptors (Lipinski definition) is 9. The van der Waals surface area contributed by atoms with Crippen molar-refractivity contribution in [2.24, 2.45) is 16.2 Å². The van der Waals surface area contributed by atoms with Crippen LogP contribution in [0.15, 0.2) is 72.8 Å². The van der Waals surface area contributed by atoms with Crippen molar-refractivity contribution in [3.8, 4) is 17.2 Å². The number of benzene rings is 3. The smallest absolute Gasteiger partial charge is 0.184 e. The molecule has 0 aromatic heterocycles. The topological polar surface area (TPSA) is 98.8 Å². The summed E-state index contributed by atoms with van der Waals surface area (Å²) < 4.78 is 43.0. The van der Waals surface area contributed by atoms with E-state index in [4.69, 9.17) is 33.2 Å². The molecule has 3 aromatic carbocycles. The van der Waals surface area contributed by atoms with Gasteiger partial charge in [0.15, 0.2) is 6.29 Å². The standard InChI is InChI=1S/C43H58O9/c1-28(44)41(3,4)36(49-26-30-12-18-33(46-9)19-13-30)24-38-43(7,8)39(52-40(51-38)32-16-22-35(48-11)23-17-32)25-37(42(5,6)29(2)45)50-27-31-14-20-34(47-10)21-15-31/h12-23,36-40H,24-27H2,1-11H3/t36-,37+,38-,39+,40?. The molecule has 9 nitrogen and oxygen atoms in total. The van der Waals surface area contributed by atoms with Crippen LogP contribution >= 0.6 is 0 Å². The first kappa shape index (κ1) is 41.0. The fourth-order valence-corrected chi connectivity index (χ4v) is 6.35. The number of ether oxygens (including phenoxy) is 7. The van der Waals surface area contributed by atoms with Crippen LogP contribution in [0.2, 0.25) is 0 Å². The van der Waals surface area contributed by atoms with Gasteiger partial charge in [-0.3, -0.25) is 9.59 Å². The number of ketones is 2. The van der Waals surface area contributed by atoms with Gasteiger partial charge in [-0.1, -0.05) is 77.9 Å². The van der Waals surface area contributed by atoms with Gasteiger partial charge in [-0.15, -0.1) is 0 Å². The van der Waals surface area contributed by atoms with Gasteiger partial charge in [-0.2, -0.15) is 0 Å². The maximum absolute atomic E-state index is 13.1. The van der Waals surface area contributed by atoms with Crippen LogP contribution in [0.3, 0.4) is 0 Å². The fraction of sp³-hybridized carbons (Fsp3) is 0.535. The summed E-state index contributed by atoms with van der Waals surface area (Å²) in [5.74, 6) is 2.29. The minimum absolute atomic E-state index is 0.0237. The van der Waals surface area contributed by atoms with Gasteiger partial charge in [-0.25, -0.2) is 0 Å². The molecule has 1 fully saturated rings. The Morgan fingerprint density at radius 1 is 0.615 bits per heavy atom. The van der Waals surface area contributed by atoms with Crippen molar-refractivity contribution in [3.63, 3.8) is 0 Å². The number of carbonyl (C=O) groups is 2. The Morgan fingerprint density at radius 3 is 1.25 bits per heavy atom. The summed E-state index contributed by atoms with van der Waals surface area (Å²) in [6, 6.07) is 23.1. The first-order valence-corrected chi connectivity index (χ1v) is 18.0. The highest BCUT2D eigenvalue weighted by Crippen LogP contribution is 2.48. The molecule has 0 bridgehead atoms. The highest BCUT2D eigenvalue weighted by molar-refractivity contribution is 5.82. The predicted octanol–water partition coefficient (Wildman–Crippen LogP) is 8.70. The van der Waals surface area contributed by atoms with Crippen molar-refractivity contribution in [3.05, 3.63) is 89.5 Å². The maximum atomic E-state index is 13.1. The van der Waals surface area contributed by atoms with Crippen LogP contribution in [0.25, 0.3) is 0 Å². The van der Waals surface area contributed by atoms with E-state index >= 15 is 0 Å². The number of methoxy groups -OCH3 is 3. The molecule has 1 saturated heterocycles. The molecule has 1 aliphatic heterocycles. The molecule has 0 amide bonds. The first-order chi connectivity index (χ1) is 24.5. The molecule has 0 saturated carbocycles. The molecule has 1 heterocycles. The van der Waals surface area contributed by atoms with Gasteiger partial charge in [0.2, 0.25) is 0 Å². The summed E-state index contributed by atoms with van der Waals surface area (Å²) in [6.45, 7) is 15.8. The Labute approximate surface area is 310 Å². The highest BCUT2D eigenvalue weighted by Gasteiger charge is 2.51. The summed E-state index contributed by atoms with van der Waals surface area (Å²) in [5, 5.41) is 0. The van der Waals surface area contributed by atoms with Gasteiger partial charge in [0.25, 0.3) is 0 Å². The number of carbonyl (C=O) groups excluding carboxylic acids is 2. The average molecular weight is 719 g/mol. The van der Waals surface area contributed by atoms with E-state index in [9.17, 15) is 9.59 Å². The van der Waals surface area contributed by atoms with Crippen LogP contribution < -0.4 is 14.2 Å². The van der Waals surface area contributed by atoms with Crippen LogP contribution in [0.5, 0.6) is 17.2 Å². The summed E-state index contributed by atoms with van der Waals surface area (Å²) in [5.41, 5.74) is 0.552. The third-order valence-corrected chi connectivity index (χ3v) is 11.1.